The lowest BCUT2D eigenvalue weighted by Gasteiger charge is -2.13. The molecule has 0 spiro atoms. The van der Waals surface area contributed by atoms with Gasteiger partial charge in [-0.25, -0.2) is 9.97 Å². The zero-order valence-corrected chi connectivity index (χ0v) is 11.2. The molecule has 2 rings (SSSR count). The first-order valence-corrected chi connectivity index (χ1v) is 6.90. The minimum atomic E-state index is 0.248. The zero-order valence-electron chi connectivity index (χ0n) is 10.3. The molecule has 96 valence electrons. The van der Waals surface area contributed by atoms with Gasteiger partial charge in [-0.15, -0.1) is 0 Å². The van der Waals surface area contributed by atoms with Gasteiger partial charge in [-0.2, -0.15) is 16.3 Å². The monoisotopic (exact) mass is 263 g/mol. The summed E-state index contributed by atoms with van der Waals surface area (Å²) in [5.74, 6) is 0.795. The number of hydrogen-bond donors (Lipinski definition) is 2. The third-order valence-corrected chi connectivity index (χ3v) is 3.38. The minimum absolute atomic E-state index is 0.248. The fourth-order valence-electron chi connectivity index (χ4n) is 1.72. The molecule has 2 heterocycles. The fraction of sp³-hybridized carbons (Fsp3) is 0.417. The van der Waals surface area contributed by atoms with E-state index in [9.17, 15) is 0 Å². The van der Waals surface area contributed by atoms with Gasteiger partial charge in [0.15, 0.2) is 0 Å². The molecule has 2 aromatic rings. The minimum Gasteiger partial charge on any atom is -0.368 e. The first kappa shape index (κ1) is 12.8. The van der Waals surface area contributed by atoms with Crippen LogP contribution in [0.4, 0.5) is 11.9 Å². The topological polar surface area (TPSA) is 76.7 Å². The molecule has 6 heteroatoms. The largest absolute Gasteiger partial charge is 0.368 e. The van der Waals surface area contributed by atoms with Crippen molar-refractivity contribution in [3.8, 4) is 0 Å². The van der Waals surface area contributed by atoms with E-state index in [-0.39, 0.29) is 5.95 Å². The van der Waals surface area contributed by atoms with E-state index in [2.05, 4.69) is 44.0 Å². The van der Waals surface area contributed by atoms with Crippen LogP contribution in [0.3, 0.4) is 0 Å². The molecule has 2 aromatic heterocycles. The molecule has 0 fully saturated rings. The summed E-state index contributed by atoms with van der Waals surface area (Å²) >= 11 is 1.75. The number of hydrogen-bond acceptors (Lipinski definition) is 6. The lowest BCUT2D eigenvalue weighted by atomic mass is 10.1. The van der Waals surface area contributed by atoms with E-state index in [1.807, 2.05) is 0 Å². The Bertz CT molecular complexity index is 471. The second kappa shape index (κ2) is 6.30. The molecule has 1 unspecified atom stereocenters. The molecule has 0 saturated heterocycles. The normalized spacial score (nSPS) is 12.3. The number of rotatable bonds is 6. The molecule has 0 aromatic carbocycles. The zero-order chi connectivity index (χ0) is 12.8. The Labute approximate surface area is 111 Å². The Morgan fingerprint density at radius 3 is 3.06 bits per heavy atom. The Balaban J connectivity index is 1.73. The highest BCUT2D eigenvalue weighted by Crippen LogP contribution is 2.12. The standard InChI is InChI=1S/C12H17N5S/c1-9(3-2-4-10-5-6-18-7-10)16-12-15-8-14-11(13)17-12/h5-9H,2-4H2,1H3,(H3,13,14,15,16,17). The van der Waals surface area contributed by atoms with Crippen molar-refractivity contribution in [2.45, 2.75) is 32.2 Å². The number of nitrogens with zero attached hydrogens (tertiary/aromatic N) is 3. The van der Waals surface area contributed by atoms with Gasteiger partial charge in [0.2, 0.25) is 11.9 Å². The molecule has 3 N–H and O–H groups in total. The van der Waals surface area contributed by atoms with E-state index < -0.39 is 0 Å². The SMILES string of the molecule is CC(CCCc1ccsc1)Nc1ncnc(N)n1. The third-order valence-electron chi connectivity index (χ3n) is 2.65. The van der Waals surface area contributed by atoms with Crippen LogP contribution >= 0.6 is 11.3 Å². The van der Waals surface area contributed by atoms with Crippen LogP contribution in [0.25, 0.3) is 0 Å². The summed E-state index contributed by atoms with van der Waals surface area (Å²) < 4.78 is 0. The predicted molar refractivity (Wildman–Crippen MR) is 74.6 cm³/mol. The number of aromatic nitrogens is 3. The fourth-order valence-corrected chi connectivity index (χ4v) is 2.42. The maximum absolute atomic E-state index is 5.50. The predicted octanol–water partition coefficient (Wildman–Crippen LogP) is 2.34. The van der Waals surface area contributed by atoms with Gasteiger partial charge in [-0.05, 0) is 48.6 Å². The number of nitrogens with one attached hydrogen (secondary N) is 1. The Kier molecular flexibility index (Phi) is 4.46. The van der Waals surface area contributed by atoms with Crippen LogP contribution in [0.5, 0.6) is 0 Å². The lowest BCUT2D eigenvalue weighted by molar-refractivity contribution is 0.651. The number of nitrogens with two attached hydrogens (primary N) is 1. The second-order valence-corrected chi connectivity index (χ2v) is 5.02. The average Bonchev–Trinajstić information content (AvgIpc) is 2.82. The molecule has 0 aliphatic heterocycles. The smallest absolute Gasteiger partial charge is 0.227 e. The van der Waals surface area contributed by atoms with Crippen molar-refractivity contribution in [2.75, 3.05) is 11.1 Å². The van der Waals surface area contributed by atoms with Gasteiger partial charge in [0.05, 0.1) is 0 Å². The summed E-state index contributed by atoms with van der Waals surface area (Å²) in [6.07, 6.45) is 4.75. The molecule has 0 amide bonds. The summed E-state index contributed by atoms with van der Waals surface area (Å²) in [6.45, 7) is 2.12. The van der Waals surface area contributed by atoms with E-state index >= 15 is 0 Å². The van der Waals surface area contributed by atoms with Crippen LogP contribution in [0.1, 0.15) is 25.3 Å². The maximum Gasteiger partial charge on any atom is 0.227 e. The highest BCUT2D eigenvalue weighted by Gasteiger charge is 2.05. The van der Waals surface area contributed by atoms with Crippen LogP contribution in [0.15, 0.2) is 23.2 Å². The molecule has 0 radical (unpaired) electrons. The van der Waals surface area contributed by atoms with Gasteiger partial charge in [-0.1, -0.05) is 0 Å². The second-order valence-electron chi connectivity index (χ2n) is 4.24. The molecular weight excluding hydrogens is 246 g/mol. The van der Waals surface area contributed by atoms with Crippen molar-refractivity contribution in [3.05, 3.63) is 28.7 Å². The Hall–Kier alpha value is -1.69. The number of anilines is 2. The van der Waals surface area contributed by atoms with Gasteiger partial charge in [0.1, 0.15) is 6.33 Å². The van der Waals surface area contributed by atoms with Crippen molar-refractivity contribution in [1.82, 2.24) is 15.0 Å². The molecule has 0 aliphatic carbocycles. The van der Waals surface area contributed by atoms with Crippen molar-refractivity contribution >= 4 is 23.2 Å². The van der Waals surface area contributed by atoms with Gasteiger partial charge in [0, 0.05) is 6.04 Å². The van der Waals surface area contributed by atoms with Crippen LogP contribution in [0, 0.1) is 0 Å². The Morgan fingerprint density at radius 1 is 1.44 bits per heavy atom. The van der Waals surface area contributed by atoms with Gasteiger partial charge in [0.25, 0.3) is 0 Å². The molecule has 1 atom stereocenters. The van der Waals surface area contributed by atoms with E-state index in [1.165, 1.54) is 11.9 Å². The van der Waals surface area contributed by atoms with Crippen LogP contribution in [0.2, 0.25) is 0 Å². The molecule has 0 aliphatic rings. The van der Waals surface area contributed by atoms with Gasteiger partial charge in [-0.3, -0.25) is 0 Å². The van der Waals surface area contributed by atoms with E-state index in [0.717, 1.165) is 19.3 Å². The molecule has 0 saturated carbocycles. The number of nitrogen functional groups attached to an aromatic ring is 1. The summed E-state index contributed by atoms with van der Waals surface area (Å²) in [7, 11) is 0. The third kappa shape index (κ3) is 3.96. The molecular formula is C12H17N5S. The number of thiophene rings is 1. The van der Waals surface area contributed by atoms with Crippen LogP contribution in [-0.4, -0.2) is 21.0 Å². The van der Waals surface area contributed by atoms with Crippen molar-refractivity contribution < 1.29 is 0 Å². The Morgan fingerprint density at radius 2 is 2.33 bits per heavy atom. The van der Waals surface area contributed by atoms with Crippen molar-refractivity contribution in [1.29, 1.82) is 0 Å². The van der Waals surface area contributed by atoms with E-state index in [0.29, 0.717) is 12.0 Å². The molecule has 18 heavy (non-hydrogen) atoms. The van der Waals surface area contributed by atoms with Crippen molar-refractivity contribution in [2.24, 2.45) is 0 Å². The van der Waals surface area contributed by atoms with Gasteiger partial charge < -0.3 is 11.1 Å². The van der Waals surface area contributed by atoms with Gasteiger partial charge >= 0.3 is 0 Å². The summed E-state index contributed by atoms with van der Waals surface area (Å²) in [6, 6.07) is 2.50. The lowest BCUT2D eigenvalue weighted by Crippen LogP contribution is -2.17. The maximum atomic E-state index is 5.50. The van der Waals surface area contributed by atoms with E-state index in [1.54, 1.807) is 11.3 Å². The first-order valence-electron chi connectivity index (χ1n) is 5.96. The highest BCUT2D eigenvalue weighted by molar-refractivity contribution is 7.07. The molecule has 0 bridgehead atoms. The van der Waals surface area contributed by atoms with Crippen LogP contribution in [-0.2, 0) is 6.42 Å². The average molecular weight is 263 g/mol. The number of aryl methyl sites for hydroxylation is 1. The van der Waals surface area contributed by atoms with Crippen molar-refractivity contribution in [3.63, 3.8) is 0 Å². The summed E-state index contributed by atoms with van der Waals surface area (Å²) in [4.78, 5) is 11.8. The molecule has 5 nitrogen and oxygen atoms in total. The summed E-state index contributed by atoms with van der Waals surface area (Å²) in [5.41, 5.74) is 6.91. The van der Waals surface area contributed by atoms with Crippen LogP contribution < -0.4 is 11.1 Å². The quantitative estimate of drug-likeness (QED) is 0.836. The van der Waals surface area contributed by atoms with E-state index in [4.69, 9.17) is 5.73 Å². The highest BCUT2D eigenvalue weighted by atomic mass is 32.1. The summed E-state index contributed by atoms with van der Waals surface area (Å²) in [5, 5.41) is 7.54. The first-order chi connectivity index (χ1) is 8.74.